The summed E-state index contributed by atoms with van der Waals surface area (Å²) in [5.74, 6) is 0.637. The lowest BCUT2D eigenvalue weighted by Crippen LogP contribution is -2.40. The van der Waals surface area contributed by atoms with E-state index in [0.29, 0.717) is 12.3 Å². The molecule has 6 nitrogen and oxygen atoms in total. The second kappa shape index (κ2) is 11.4. The largest absolute Gasteiger partial charge is 0.484 e. The van der Waals surface area contributed by atoms with Crippen LogP contribution in [0.5, 0.6) is 5.75 Å². The van der Waals surface area contributed by atoms with E-state index in [2.05, 4.69) is 4.90 Å². The lowest BCUT2D eigenvalue weighted by atomic mass is 10.2. The van der Waals surface area contributed by atoms with Crippen molar-refractivity contribution < 1.29 is 14.3 Å². The number of carbonyl (C=O) groups is 1. The molecule has 0 atom stereocenters. The van der Waals surface area contributed by atoms with Gasteiger partial charge in [0.25, 0.3) is 5.91 Å². The first-order valence-electron chi connectivity index (χ1n) is 10.3. The number of nitrogens with zero attached hydrogens (tertiary/aromatic N) is 3. The third-order valence-electron chi connectivity index (χ3n) is 5.13. The van der Waals surface area contributed by atoms with E-state index in [1.54, 1.807) is 16.2 Å². The Morgan fingerprint density at radius 1 is 1.19 bits per heavy atom. The van der Waals surface area contributed by atoms with Crippen LogP contribution < -0.4 is 9.64 Å². The molecule has 1 aliphatic rings. The molecule has 2 heterocycles. The van der Waals surface area contributed by atoms with Crippen molar-refractivity contribution in [1.29, 1.82) is 0 Å². The Morgan fingerprint density at radius 3 is 2.77 bits per heavy atom. The first-order chi connectivity index (χ1) is 14.7. The second-order valence-electron chi connectivity index (χ2n) is 7.42. The number of anilines is 1. The lowest BCUT2D eigenvalue weighted by Gasteiger charge is -2.27. The van der Waals surface area contributed by atoms with Crippen LogP contribution in [0.4, 0.5) is 5.13 Å². The third kappa shape index (κ3) is 6.40. The molecular weight excluding hydrogens is 434 g/mol. The number of hydrogen-bond donors (Lipinski definition) is 0. The first-order valence-corrected chi connectivity index (χ1v) is 11.2. The van der Waals surface area contributed by atoms with Crippen LogP contribution in [0.3, 0.4) is 0 Å². The number of ether oxygens (including phenoxy) is 2. The monoisotopic (exact) mass is 461 g/mol. The predicted octanol–water partition coefficient (Wildman–Crippen LogP) is 4.16. The van der Waals surface area contributed by atoms with Crippen molar-refractivity contribution in [3.8, 4) is 5.75 Å². The van der Waals surface area contributed by atoms with Crippen LogP contribution in [0.25, 0.3) is 10.2 Å². The zero-order valence-electron chi connectivity index (χ0n) is 17.7. The summed E-state index contributed by atoms with van der Waals surface area (Å²) < 4.78 is 12.3. The van der Waals surface area contributed by atoms with Crippen LogP contribution in [-0.4, -0.2) is 61.8 Å². The minimum Gasteiger partial charge on any atom is -0.484 e. The molecule has 0 aliphatic carbocycles. The van der Waals surface area contributed by atoms with Gasteiger partial charge in [-0.05, 0) is 43.2 Å². The molecule has 2 aromatic carbocycles. The fourth-order valence-corrected chi connectivity index (χ4v) is 4.52. The van der Waals surface area contributed by atoms with E-state index < -0.39 is 0 Å². The van der Waals surface area contributed by atoms with Crippen LogP contribution in [-0.2, 0) is 9.53 Å². The highest BCUT2D eigenvalue weighted by Crippen LogP contribution is 2.29. The molecule has 0 N–H and O–H groups in total. The lowest BCUT2D eigenvalue weighted by molar-refractivity contribution is -0.120. The van der Waals surface area contributed by atoms with Crippen molar-refractivity contribution >= 4 is 45.0 Å². The van der Waals surface area contributed by atoms with Gasteiger partial charge in [0, 0.05) is 26.2 Å². The second-order valence-corrected chi connectivity index (χ2v) is 8.43. The molecule has 0 spiro atoms. The summed E-state index contributed by atoms with van der Waals surface area (Å²) in [7, 11) is 0. The van der Waals surface area contributed by atoms with E-state index in [1.165, 1.54) is 0 Å². The molecule has 31 heavy (non-hydrogen) atoms. The van der Waals surface area contributed by atoms with Crippen LogP contribution in [0.2, 0.25) is 0 Å². The summed E-state index contributed by atoms with van der Waals surface area (Å²) in [6.07, 6.45) is 0.881. The van der Waals surface area contributed by atoms with E-state index in [9.17, 15) is 4.79 Å². The van der Waals surface area contributed by atoms with Crippen LogP contribution in [0.1, 0.15) is 12.0 Å². The van der Waals surface area contributed by atoms with E-state index in [4.69, 9.17) is 14.5 Å². The summed E-state index contributed by atoms with van der Waals surface area (Å²) in [6, 6.07) is 15.7. The first kappa shape index (κ1) is 23.5. The van der Waals surface area contributed by atoms with Gasteiger partial charge in [-0.15, -0.1) is 12.4 Å². The number of hydrogen-bond acceptors (Lipinski definition) is 6. The molecule has 0 bridgehead atoms. The zero-order valence-corrected chi connectivity index (χ0v) is 19.3. The predicted molar refractivity (Wildman–Crippen MR) is 128 cm³/mol. The van der Waals surface area contributed by atoms with Gasteiger partial charge in [0.1, 0.15) is 5.75 Å². The molecule has 4 rings (SSSR count). The molecule has 0 saturated carbocycles. The summed E-state index contributed by atoms with van der Waals surface area (Å²) >= 11 is 1.55. The number of thiazole rings is 1. The Labute approximate surface area is 193 Å². The van der Waals surface area contributed by atoms with Gasteiger partial charge in [0.05, 0.1) is 23.4 Å². The van der Waals surface area contributed by atoms with Crippen molar-refractivity contribution in [2.24, 2.45) is 0 Å². The fraction of sp³-hybridized carbons (Fsp3) is 0.391. The van der Waals surface area contributed by atoms with Gasteiger partial charge in [-0.1, -0.05) is 35.6 Å². The summed E-state index contributed by atoms with van der Waals surface area (Å²) in [6.45, 7) is 7.03. The number of para-hydroxylation sites is 1. The topological polar surface area (TPSA) is 54.9 Å². The maximum atomic E-state index is 13.1. The van der Waals surface area contributed by atoms with E-state index >= 15 is 0 Å². The Kier molecular flexibility index (Phi) is 8.66. The van der Waals surface area contributed by atoms with Gasteiger partial charge in [0.2, 0.25) is 0 Å². The molecule has 1 saturated heterocycles. The Hall–Kier alpha value is -2.19. The number of fused-ring (bicyclic) bond motifs is 1. The summed E-state index contributed by atoms with van der Waals surface area (Å²) in [5.41, 5.74) is 2.02. The third-order valence-corrected chi connectivity index (χ3v) is 6.19. The SMILES string of the molecule is Cc1cccc(OCC(=O)N(CCCN2CCOCC2)c2nc3ccccc3s2)c1.Cl. The van der Waals surface area contributed by atoms with E-state index in [1.807, 2.05) is 55.5 Å². The summed E-state index contributed by atoms with van der Waals surface area (Å²) in [4.78, 5) is 22.0. The molecule has 1 amide bonds. The van der Waals surface area contributed by atoms with Gasteiger partial charge in [0.15, 0.2) is 11.7 Å². The van der Waals surface area contributed by atoms with Crippen LogP contribution in [0, 0.1) is 6.92 Å². The number of morpholine rings is 1. The Balaban J connectivity index is 0.00000272. The quantitative estimate of drug-likeness (QED) is 0.504. The fourth-order valence-electron chi connectivity index (χ4n) is 3.51. The number of amides is 1. The standard InChI is InChI=1S/C23H27N3O3S.ClH/c1-18-6-4-7-19(16-18)29-17-22(27)26(11-5-10-25-12-14-28-15-13-25)23-24-20-8-2-3-9-21(20)30-23;/h2-4,6-9,16H,5,10-15,17H2,1H3;1H. The number of aryl methyl sites for hydroxylation is 1. The van der Waals surface area contributed by atoms with Crippen LogP contribution in [0.15, 0.2) is 48.5 Å². The van der Waals surface area contributed by atoms with Crippen molar-refractivity contribution in [3.63, 3.8) is 0 Å². The summed E-state index contributed by atoms with van der Waals surface area (Å²) in [5, 5.41) is 0.732. The minimum absolute atomic E-state index is 0. The number of aromatic nitrogens is 1. The van der Waals surface area contributed by atoms with Crippen molar-refractivity contribution in [1.82, 2.24) is 9.88 Å². The van der Waals surface area contributed by atoms with E-state index in [0.717, 1.165) is 60.2 Å². The molecule has 8 heteroatoms. The van der Waals surface area contributed by atoms with Crippen molar-refractivity contribution in [2.45, 2.75) is 13.3 Å². The number of halogens is 1. The highest BCUT2D eigenvalue weighted by molar-refractivity contribution is 7.22. The molecule has 1 aliphatic heterocycles. The molecular formula is C23H28ClN3O3S. The minimum atomic E-state index is -0.0717. The molecule has 1 fully saturated rings. The van der Waals surface area contributed by atoms with Gasteiger partial charge in [-0.25, -0.2) is 4.98 Å². The average Bonchev–Trinajstić information content (AvgIpc) is 3.20. The van der Waals surface area contributed by atoms with Gasteiger partial charge in [-0.3, -0.25) is 14.6 Å². The van der Waals surface area contributed by atoms with E-state index in [-0.39, 0.29) is 24.9 Å². The highest BCUT2D eigenvalue weighted by Gasteiger charge is 2.21. The average molecular weight is 462 g/mol. The van der Waals surface area contributed by atoms with Gasteiger partial charge >= 0.3 is 0 Å². The number of rotatable bonds is 8. The van der Waals surface area contributed by atoms with Gasteiger partial charge in [-0.2, -0.15) is 0 Å². The Morgan fingerprint density at radius 2 is 2.00 bits per heavy atom. The molecule has 166 valence electrons. The maximum absolute atomic E-state index is 13.1. The smallest absolute Gasteiger partial charge is 0.266 e. The van der Waals surface area contributed by atoms with Gasteiger partial charge < -0.3 is 9.47 Å². The zero-order chi connectivity index (χ0) is 20.8. The van der Waals surface area contributed by atoms with Crippen molar-refractivity contribution in [2.75, 3.05) is 50.9 Å². The molecule has 3 aromatic rings. The normalized spacial score (nSPS) is 14.2. The molecule has 0 unspecified atom stereocenters. The highest BCUT2D eigenvalue weighted by atomic mass is 35.5. The number of carbonyl (C=O) groups excluding carboxylic acids is 1. The molecule has 0 radical (unpaired) electrons. The van der Waals surface area contributed by atoms with Crippen molar-refractivity contribution in [3.05, 3.63) is 54.1 Å². The number of benzene rings is 2. The Bertz CT molecular complexity index is 958. The molecule has 1 aromatic heterocycles. The maximum Gasteiger partial charge on any atom is 0.266 e. The van der Waals surface area contributed by atoms with Crippen LogP contribution >= 0.6 is 23.7 Å².